The fraction of sp³-hybridized carbons (Fsp3) is 0.462. The fourth-order valence-electron chi connectivity index (χ4n) is 2.02. The number of hydrogen-bond acceptors (Lipinski definition) is 4. The van der Waals surface area contributed by atoms with Gasteiger partial charge in [-0.1, -0.05) is 0 Å². The molecule has 0 bridgehead atoms. The summed E-state index contributed by atoms with van der Waals surface area (Å²) >= 11 is 0. The van der Waals surface area contributed by atoms with Gasteiger partial charge in [0, 0.05) is 30.3 Å². The monoisotopic (exact) mass is 267 g/mol. The molecule has 0 spiro atoms. The SMILES string of the molecule is CC(F)(F)c1ccc(C2CC(OC(=N)C=N)C2)nc1. The fourth-order valence-corrected chi connectivity index (χ4v) is 2.02. The van der Waals surface area contributed by atoms with Crippen LogP contribution in [0.25, 0.3) is 0 Å². The smallest absolute Gasteiger partial charge is 0.272 e. The van der Waals surface area contributed by atoms with Crippen molar-refractivity contribution < 1.29 is 13.5 Å². The largest absolute Gasteiger partial charge is 0.474 e. The van der Waals surface area contributed by atoms with Crippen molar-refractivity contribution in [2.24, 2.45) is 0 Å². The van der Waals surface area contributed by atoms with Crippen LogP contribution in [-0.4, -0.2) is 23.2 Å². The van der Waals surface area contributed by atoms with Crippen molar-refractivity contribution in [1.29, 1.82) is 10.8 Å². The lowest BCUT2D eigenvalue weighted by Gasteiger charge is -2.34. The van der Waals surface area contributed by atoms with Gasteiger partial charge in [-0.15, -0.1) is 0 Å². The molecule has 0 unspecified atom stereocenters. The maximum absolute atomic E-state index is 13.0. The highest BCUT2D eigenvalue weighted by atomic mass is 19.3. The van der Waals surface area contributed by atoms with Gasteiger partial charge in [0.05, 0.1) is 6.21 Å². The summed E-state index contributed by atoms with van der Waals surface area (Å²) < 4.78 is 31.2. The number of rotatable bonds is 4. The van der Waals surface area contributed by atoms with Gasteiger partial charge in [-0.25, -0.2) is 8.78 Å². The third kappa shape index (κ3) is 3.13. The molecule has 2 rings (SSSR count). The van der Waals surface area contributed by atoms with Crippen molar-refractivity contribution >= 4 is 12.1 Å². The van der Waals surface area contributed by atoms with E-state index in [2.05, 4.69) is 4.98 Å². The molecule has 0 saturated heterocycles. The quantitative estimate of drug-likeness (QED) is 0.650. The van der Waals surface area contributed by atoms with E-state index in [4.69, 9.17) is 15.6 Å². The molecule has 1 aromatic heterocycles. The Morgan fingerprint density at radius 3 is 2.63 bits per heavy atom. The molecule has 0 aromatic carbocycles. The Hall–Kier alpha value is -1.85. The average molecular weight is 267 g/mol. The predicted octanol–water partition coefficient (Wildman–Crippen LogP) is 3.08. The van der Waals surface area contributed by atoms with E-state index in [1.54, 1.807) is 6.07 Å². The van der Waals surface area contributed by atoms with E-state index in [-0.39, 0.29) is 23.5 Å². The molecule has 102 valence electrons. The van der Waals surface area contributed by atoms with Gasteiger partial charge in [0.2, 0.25) is 5.90 Å². The zero-order valence-electron chi connectivity index (χ0n) is 10.5. The van der Waals surface area contributed by atoms with Crippen molar-refractivity contribution in [1.82, 2.24) is 4.98 Å². The number of aromatic nitrogens is 1. The first-order valence-electron chi connectivity index (χ1n) is 6.00. The summed E-state index contributed by atoms with van der Waals surface area (Å²) in [6.07, 6.45) is 3.39. The van der Waals surface area contributed by atoms with Gasteiger partial charge in [-0.05, 0) is 25.0 Å². The molecule has 2 N–H and O–H groups in total. The highest BCUT2D eigenvalue weighted by Crippen LogP contribution is 2.38. The lowest BCUT2D eigenvalue weighted by molar-refractivity contribution is 0.0170. The number of nitrogens with one attached hydrogen (secondary N) is 2. The first-order valence-corrected chi connectivity index (χ1v) is 6.00. The maximum atomic E-state index is 13.0. The van der Waals surface area contributed by atoms with Crippen molar-refractivity contribution in [3.05, 3.63) is 29.6 Å². The van der Waals surface area contributed by atoms with E-state index < -0.39 is 5.92 Å². The number of hydrogen-bond donors (Lipinski definition) is 2. The Morgan fingerprint density at radius 2 is 2.16 bits per heavy atom. The molecule has 1 aromatic rings. The minimum Gasteiger partial charge on any atom is -0.474 e. The van der Waals surface area contributed by atoms with Crippen LogP contribution in [0.1, 0.15) is 36.9 Å². The zero-order chi connectivity index (χ0) is 14.0. The van der Waals surface area contributed by atoms with Crippen LogP contribution in [0.4, 0.5) is 8.78 Å². The molecule has 1 aliphatic rings. The summed E-state index contributed by atoms with van der Waals surface area (Å²) in [7, 11) is 0. The third-order valence-electron chi connectivity index (χ3n) is 3.23. The average Bonchev–Trinajstić information content (AvgIpc) is 2.32. The summed E-state index contributed by atoms with van der Waals surface area (Å²) in [5.41, 5.74) is 0.684. The van der Waals surface area contributed by atoms with Crippen LogP contribution in [-0.2, 0) is 10.7 Å². The Balaban J connectivity index is 1.92. The van der Waals surface area contributed by atoms with Crippen molar-refractivity contribution in [2.75, 3.05) is 0 Å². The highest BCUT2D eigenvalue weighted by Gasteiger charge is 2.34. The molecule has 1 saturated carbocycles. The first kappa shape index (κ1) is 13.6. The molecule has 4 nitrogen and oxygen atoms in total. The number of halogens is 2. The molecule has 1 aliphatic carbocycles. The second kappa shape index (κ2) is 5.03. The summed E-state index contributed by atoms with van der Waals surface area (Å²) in [4.78, 5) is 4.07. The Labute approximate surface area is 109 Å². The molecule has 19 heavy (non-hydrogen) atoms. The lowest BCUT2D eigenvalue weighted by Crippen LogP contribution is -2.32. The normalized spacial score (nSPS) is 22.5. The van der Waals surface area contributed by atoms with Crippen LogP contribution in [0.15, 0.2) is 18.3 Å². The van der Waals surface area contributed by atoms with Gasteiger partial charge in [-0.3, -0.25) is 10.4 Å². The van der Waals surface area contributed by atoms with E-state index in [0.29, 0.717) is 12.8 Å². The van der Waals surface area contributed by atoms with Gasteiger partial charge in [-0.2, -0.15) is 0 Å². The van der Waals surface area contributed by atoms with Gasteiger partial charge in [0.15, 0.2) is 0 Å². The van der Waals surface area contributed by atoms with Crippen LogP contribution < -0.4 is 0 Å². The molecule has 1 heterocycles. The second-order valence-corrected chi connectivity index (χ2v) is 4.78. The minimum atomic E-state index is -2.87. The first-order chi connectivity index (χ1) is 8.90. The summed E-state index contributed by atoms with van der Waals surface area (Å²) in [6, 6.07) is 3.02. The zero-order valence-corrected chi connectivity index (χ0v) is 10.5. The highest BCUT2D eigenvalue weighted by molar-refractivity contribution is 6.23. The number of ether oxygens (including phenoxy) is 1. The summed E-state index contributed by atoms with van der Waals surface area (Å²) in [5, 5.41) is 14.0. The molecule has 1 fully saturated rings. The Morgan fingerprint density at radius 1 is 1.47 bits per heavy atom. The Bertz CT molecular complexity index is 476. The lowest BCUT2D eigenvalue weighted by atomic mass is 9.79. The van der Waals surface area contributed by atoms with E-state index in [1.807, 2.05) is 0 Å². The number of nitrogens with zero attached hydrogens (tertiary/aromatic N) is 1. The van der Waals surface area contributed by atoms with Gasteiger partial charge in [0.25, 0.3) is 5.92 Å². The van der Waals surface area contributed by atoms with E-state index in [9.17, 15) is 8.78 Å². The van der Waals surface area contributed by atoms with E-state index in [1.165, 1.54) is 12.3 Å². The predicted molar refractivity (Wildman–Crippen MR) is 67.2 cm³/mol. The van der Waals surface area contributed by atoms with Gasteiger partial charge in [0.1, 0.15) is 6.10 Å². The molecule has 0 atom stereocenters. The van der Waals surface area contributed by atoms with Gasteiger partial charge < -0.3 is 10.1 Å². The Kier molecular flexibility index (Phi) is 3.59. The van der Waals surface area contributed by atoms with Crippen molar-refractivity contribution in [3.8, 4) is 0 Å². The topological polar surface area (TPSA) is 69.8 Å². The third-order valence-corrected chi connectivity index (χ3v) is 3.23. The van der Waals surface area contributed by atoms with Crippen LogP contribution in [0.5, 0.6) is 0 Å². The van der Waals surface area contributed by atoms with Crippen LogP contribution in [0.3, 0.4) is 0 Å². The van der Waals surface area contributed by atoms with Crippen LogP contribution in [0, 0.1) is 10.8 Å². The molecule has 6 heteroatoms. The second-order valence-electron chi connectivity index (χ2n) is 4.78. The molecule has 0 amide bonds. The van der Waals surface area contributed by atoms with Crippen molar-refractivity contribution in [2.45, 2.75) is 37.7 Å². The van der Waals surface area contributed by atoms with Crippen LogP contribution >= 0.6 is 0 Å². The molecule has 0 radical (unpaired) electrons. The van der Waals surface area contributed by atoms with Crippen molar-refractivity contribution in [3.63, 3.8) is 0 Å². The number of alkyl halides is 2. The molecule has 0 aliphatic heterocycles. The summed E-state index contributed by atoms with van der Waals surface area (Å²) in [6.45, 7) is 0.847. The summed E-state index contributed by atoms with van der Waals surface area (Å²) in [5.74, 6) is -2.84. The standard InChI is InChI=1S/C13H15F2N3O/c1-13(14,15)9-2-3-11(18-7-9)8-4-10(5-8)19-12(17)6-16/h2-3,6-8,10,16-17H,4-5H2,1H3. The van der Waals surface area contributed by atoms with E-state index in [0.717, 1.165) is 18.8 Å². The molecular weight excluding hydrogens is 252 g/mol. The maximum Gasteiger partial charge on any atom is 0.272 e. The molecular formula is C13H15F2N3O. The number of pyridine rings is 1. The van der Waals surface area contributed by atoms with E-state index >= 15 is 0 Å². The minimum absolute atomic E-state index is 0.0757. The van der Waals surface area contributed by atoms with Gasteiger partial charge >= 0.3 is 0 Å². The van der Waals surface area contributed by atoms with Crippen LogP contribution in [0.2, 0.25) is 0 Å².